The average molecular weight is 235 g/mol. The van der Waals surface area contributed by atoms with Gasteiger partial charge < -0.3 is 5.73 Å². The Bertz CT molecular complexity index is 404. The highest BCUT2D eigenvalue weighted by atomic mass is 19.4. The van der Waals surface area contributed by atoms with Gasteiger partial charge in [0.25, 0.3) is 4.92 Å². The topological polar surface area (TPSA) is 55.3 Å². The molecule has 1 aromatic carbocycles. The first-order chi connectivity index (χ1) is 7.40. The van der Waals surface area contributed by atoms with E-state index < -0.39 is 17.4 Å². The summed E-state index contributed by atoms with van der Waals surface area (Å²) in [6.45, 7) is 0.0443. The van der Waals surface area contributed by atoms with Crippen LogP contribution < -0.4 is 5.73 Å². The van der Waals surface area contributed by atoms with Crippen LogP contribution in [0.3, 0.4) is 0 Å². The van der Waals surface area contributed by atoms with Crippen LogP contribution in [0.1, 0.15) is 11.1 Å². The lowest BCUT2D eigenvalue weighted by Gasteiger charge is -2.06. The fourth-order valence-electron chi connectivity index (χ4n) is 1.19. The molecule has 0 aliphatic carbocycles. The van der Waals surface area contributed by atoms with Crippen LogP contribution in [-0.2, 0) is 17.6 Å². The Labute approximate surface area is 89.3 Å². The van der Waals surface area contributed by atoms with Crippen molar-refractivity contribution in [1.82, 2.24) is 0 Å². The van der Waals surface area contributed by atoms with Crippen molar-refractivity contribution < 1.29 is 22.9 Å². The minimum Gasteiger partial charge on any atom is -0.326 e. The van der Waals surface area contributed by atoms with Gasteiger partial charge in [0.2, 0.25) is 0 Å². The minimum atomic E-state index is -4.61. The number of halogens is 3. The quantitative estimate of drug-likeness (QED) is 0.816. The Morgan fingerprint density at radius 1 is 1.44 bits per heavy atom. The molecule has 0 amide bonds. The molecule has 0 spiro atoms. The van der Waals surface area contributed by atoms with Crippen molar-refractivity contribution in [3.63, 3.8) is 0 Å². The second kappa shape index (κ2) is 4.48. The summed E-state index contributed by atoms with van der Waals surface area (Å²) in [6, 6.07) is 3.08. The van der Waals surface area contributed by atoms with Crippen LogP contribution in [-0.4, -0.2) is 12.0 Å². The van der Waals surface area contributed by atoms with Crippen molar-refractivity contribution >= 4 is 5.69 Å². The van der Waals surface area contributed by atoms with Crippen LogP contribution in [0.2, 0.25) is 0 Å². The largest absolute Gasteiger partial charge is 0.423 e. The summed E-state index contributed by atoms with van der Waals surface area (Å²) in [7, 11) is 0.988. The van der Waals surface area contributed by atoms with Gasteiger partial charge in [-0.15, -0.1) is 0 Å². The number of hydrogen-bond donors (Lipinski definition) is 1. The number of rotatable bonds is 3. The van der Waals surface area contributed by atoms with Crippen molar-refractivity contribution in [1.29, 1.82) is 0 Å². The van der Waals surface area contributed by atoms with Crippen LogP contribution in [0.5, 0.6) is 0 Å². The van der Waals surface area contributed by atoms with Crippen molar-refractivity contribution in [2.45, 2.75) is 12.7 Å². The smallest absolute Gasteiger partial charge is 0.326 e. The SMILES string of the molecule is CO[N+](=O)c1cc(CN)ccc1C(F)(F)F. The van der Waals surface area contributed by atoms with E-state index in [1.165, 1.54) is 6.07 Å². The van der Waals surface area contributed by atoms with Crippen molar-refractivity contribution in [3.8, 4) is 0 Å². The lowest BCUT2D eigenvalue weighted by Crippen LogP contribution is -2.12. The second-order valence-corrected chi connectivity index (χ2v) is 2.99. The molecule has 1 aromatic rings. The van der Waals surface area contributed by atoms with Crippen LogP contribution >= 0.6 is 0 Å². The van der Waals surface area contributed by atoms with E-state index >= 15 is 0 Å². The third-order valence-electron chi connectivity index (χ3n) is 1.97. The predicted molar refractivity (Wildman–Crippen MR) is 49.6 cm³/mol. The summed E-state index contributed by atoms with van der Waals surface area (Å²) >= 11 is 0. The highest BCUT2D eigenvalue weighted by Crippen LogP contribution is 2.36. The van der Waals surface area contributed by atoms with Crippen molar-refractivity contribution in [2.75, 3.05) is 7.11 Å². The van der Waals surface area contributed by atoms with Gasteiger partial charge in [0.1, 0.15) is 5.56 Å². The zero-order valence-electron chi connectivity index (χ0n) is 8.41. The van der Waals surface area contributed by atoms with Crippen molar-refractivity contribution in [2.24, 2.45) is 5.73 Å². The van der Waals surface area contributed by atoms with Gasteiger partial charge in [-0.1, -0.05) is 6.07 Å². The van der Waals surface area contributed by atoms with Crippen molar-refractivity contribution in [3.05, 3.63) is 34.2 Å². The minimum absolute atomic E-state index is 0.0443. The molecule has 16 heavy (non-hydrogen) atoms. The summed E-state index contributed by atoms with van der Waals surface area (Å²) < 4.78 is 37.6. The molecule has 0 unspecified atom stereocenters. The van der Waals surface area contributed by atoms with Crippen LogP contribution in [0.15, 0.2) is 18.2 Å². The van der Waals surface area contributed by atoms with Gasteiger partial charge in [0.15, 0.2) is 7.11 Å². The number of nitrogens with zero attached hydrogens (tertiary/aromatic N) is 1. The molecule has 88 valence electrons. The van der Waals surface area contributed by atoms with Crippen LogP contribution in [0.4, 0.5) is 18.9 Å². The Morgan fingerprint density at radius 2 is 2.06 bits per heavy atom. The van der Waals surface area contributed by atoms with E-state index in [1.807, 2.05) is 0 Å². The standard InChI is InChI=1S/C9H10F3N2O2/c1-16-14(15)8-4-6(5-13)2-3-7(8)9(10,11)12/h2-4H,5,13H2,1H3/q+1. The molecule has 1 rings (SSSR count). The molecule has 2 N–H and O–H groups in total. The molecule has 0 saturated carbocycles. The first-order valence-corrected chi connectivity index (χ1v) is 4.31. The molecule has 0 aliphatic heterocycles. The van der Waals surface area contributed by atoms with Gasteiger partial charge in [-0.2, -0.15) is 13.2 Å². The van der Waals surface area contributed by atoms with Crippen LogP contribution in [0.25, 0.3) is 0 Å². The fourth-order valence-corrected chi connectivity index (χ4v) is 1.19. The number of hydrogen-bond acceptors (Lipinski definition) is 3. The summed E-state index contributed by atoms with van der Waals surface area (Å²) in [4.78, 5) is 15.1. The maximum Gasteiger partial charge on any atom is 0.423 e. The van der Waals surface area contributed by atoms with E-state index in [9.17, 15) is 18.1 Å². The van der Waals surface area contributed by atoms with Gasteiger partial charge in [-0.25, -0.2) is 4.84 Å². The van der Waals surface area contributed by atoms with E-state index in [0.717, 1.165) is 19.2 Å². The molecule has 0 bridgehead atoms. The molecular formula is C9H10F3N2O2+. The van der Waals surface area contributed by atoms with Gasteiger partial charge in [-0.05, 0) is 11.6 Å². The number of nitrogens with two attached hydrogens (primary N) is 1. The number of alkyl halides is 3. The normalized spacial score (nSPS) is 11.3. The third kappa shape index (κ3) is 2.48. The maximum absolute atomic E-state index is 12.5. The molecule has 0 atom stereocenters. The molecule has 0 aliphatic rings. The van der Waals surface area contributed by atoms with Gasteiger partial charge in [-0.3, -0.25) is 0 Å². The van der Waals surface area contributed by atoms with Crippen LogP contribution in [0, 0.1) is 4.91 Å². The Balaban J connectivity index is 3.33. The molecule has 0 saturated heterocycles. The third-order valence-corrected chi connectivity index (χ3v) is 1.97. The van der Waals surface area contributed by atoms with Gasteiger partial charge >= 0.3 is 11.9 Å². The highest BCUT2D eigenvalue weighted by Gasteiger charge is 2.40. The highest BCUT2D eigenvalue weighted by molar-refractivity contribution is 5.44. The zero-order valence-corrected chi connectivity index (χ0v) is 8.41. The zero-order chi connectivity index (χ0) is 12.3. The number of benzene rings is 1. The molecule has 0 heterocycles. The van der Waals surface area contributed by atoms with E-state index in [4.69, 9.17) is 5.73 Å². The van der Waals surface area contributed by atoms with E-state index in [2.05, 4.69) is 4.84 Å². The molecule has 7 heteroatoms. The lowest BCUT2D eigenvalue weighted by atomic mass is 10.1. The molecule has 4 nitrogen and oxygen atoms in total. The first kappa shape index (κ1) is 12.4. The predicted octanol–water partition coefficient (Wildman–Crippen LogP) is 2.14. The molecule has 0 fully saturated rings. The summed E-state index contributed by atoms with van der Waals surface area (Å²) in [5.41, 5.74) is 4.04. The van der Waals surface area contributed by atoms with E-state index in [-0.39, 0.29) is 11.5 Å². The lowest BCUT2D eigenvalue weighted by molar-refractivity contribution is -0.737. The fraction of sp³-hybridized carbons (Fsp3) is 0.333. The summed E-state index contributed by atoms with van der Waals surface area (Å²) in [6.07, 6.45) is -4.61. The summed E-state index contributed by atoms with van der Waals surface area (Å²) in [5, 5.41) is 0. The monoisotopic (exact) mass is 235 g/mol. The Hall–Kier alpha value is -1.63. The molecule has 0 aromatic heterocycles. The molecule has 0 radical (unpaired) electrons. The first-order valence-electron chi connectivity index (χ1n) is 4.31. The summed E-state index contributed by atoms with van der Waals surface area (Å²) in [5.74, 6) is 0. The maximum atomic E-state index is 12.5. The van der Waals surface area contributed by atoms with Gasteiger partial charge in [0.05, 0.1) is 4.91 Å². The Kier molecular flexibility index (Phi) is 3.48. The second-order valence-electron chi connectivity index (χ2n) is 2.99. The molecular weight excluding hydrogens is 225 g/mol. The van der Waals surface area contributed by atoms with Gasteiger partial charge in [0, 0.05) is 12.6 Å². The average Bonchev–Trinajstić information content (AvgIpc) is 2.25. The van der Waals surface area contributed by atoms with E-state index in [0.29, 0.717) is 5.56 Å². The van der Waals surface area contributed by atoms with E-state index in [1.54, 1.807) is 0 Å². The Morgan fingerprint density at radius 3 is 2.50 bits per heavy atom.